The predicted octanol–water partition coefficient (Wildman–Crippen LogP) is 8.16. The Bertz CT molecular complexity index is 2080. The van der Waals surface area contributed by atoms with E-state index in [-0.39, 0.29) is 5.91 Å². The van der Waals surface area contributed by atoms with Crippen molar-refractivity contribution in [3.05, 3.63) is 91.8 Å². The zero-order chi connectivity index (χ0) is 37.1. The summed E-state index contributed by atoms with van der Waals surface area (Å²) in [6, 6.07) is 12.9. The van der Waals surface area contributed by atoms with Gasteiger partial charge < -0.3 is 29.6 Å². The number of carbonyl (C=O) groups is 2. The molecule has 0 fully saturated rings. The van der Waals surface area contributed by atoms with Gasteiger partial charge in [0.15, 0.2) is 0 Å². The molecular weight excluding hydrogens is 687 g/mol. The number of halogens is 2. The van der Waals surface area contributed by atoms with Crippen molar-refractivity contribution in [2.24, 2.45) is 7.05 Å². The second kappa shape index (κ2) is 15.8. The number of aromatic nitrogens is 3. The van der Waals surface area contributed by atoms with Crippen LogP contribution in [-0.2, 0) is 18.2 Å². The highest BCUT2D eigenvalue weighted by atomic mass is 35.5. The van der Waals surface area contributed by atoms with Gasteiger partial charge >= 0.3 is 5.97 Å². The topological polar surface area (TPSA) is 105 Å². The molecular formula is C39H46Cl2N6O4. The van der Waals surface area contributed by atoms with Crippen molar-refractivity contribution < 1.29 is 19.1 Å². The standard InChI is InChI=1S/C39H46Cl2N6O4/c1-22-19-27(20-23(2)35(22)41)51-18-10-11-28-29-14-15-31(40)34(33-24(3)44-47(8)25(33)4)36(29)43-37(28)38(48)42-26-12-13-30(39(49)50-9)32(21-26)46(7)17-16-45(5)6/h12-15,19-21,43H,10-11,16-18H2,1-9H3,(H,42,48). The van der Waals surface area contributed by atoms with Crippen LogP contribution in [0.1, 0.15) is 55.3 Å². The highest BCUT2D eigenvalue weighted by Crippen LogP contribution is 2.40. The molecule has 0 spiro atoms. The number of carbonyl (C=O) groups excluding carboxylic acids is 2. The largest absolute Gasteiger partial charge is 0.494 e. The first-order valence-corrected chi connectivity index (χ1v) is 17.6. The molecule has 2 N–H and O–H groups in total. The summed E-state index contributed by atoms with van der Waals surface area (Å²) in [5.41, 5.74) is 9.07. The number of nitrogens with one attached hydrogen (secondary N) is 2. The summed E-state index contributed by atoms with van der Waals surface area (Å²) in [6.45, 7) is 9.75. The van der Waals surface area contributed by atoms with E-state index in [1.807, 2.05) is 89.7 Å². The average Bonchev–Trinajstić information content (AvgIpc) is 3.58. The van der Waals surface area contributed by atoms with E-state index in [1.165, 1.54) is 7.11 Å². The minimum Gasteiger partial charge on any atom is -0.494 e. The Morgan fingerprint density at radius 3 is 2.29 bits per heavy atom. The van der Waals surface area contributed by atoms with Crippen LogP contribution in [0.3, 0.4) is 0 Å². The number of aryl methyl sites for hydroxylation is 5. The Morgan fingerprint density at radius 1 is 0.961 bits per heavy atom. The van der Waals surface area contributed by atoms with Crippen molar-refractivity contribution in [1.29, 1.82) is 0 Å². The minimum absolute atomic E-state index is 0.319. The molecule has 270 valence electrons. The normalized spacial score (nSPS) is 11.4. The number of anilines is 2. The number of H-pyrrole nitrogens is 1. The molecule has 0 aliphatic carbocycles. The number of nitrogens with zero attached hydrogens (tertiary/aromatic N) is 4. The first-order valence-electron chi connectivity index (χ1n) is 16.8. The van der Waals surface area contributed by atoms with Crippen molar-refractivity contribution in [1.82, 2.24) is 19.7 Å². The Labute approximate surface area is 309 Å². The number of aromatic amines is 1. The third-order valence-corrected chi connectivity index (χ3v) is 10.1. The fraction of sp³-hybridized carbons (Fsp3) is 0.359. The van der Waals surface area contributed by atoms with Gasteiger partial charge in [-0.1, -0.05) is 29.3 Å². The molecule has 2 aromatic heterocycles. The number of benzene rings is 3. The molecule has 0 bridgehead atoms. The molecule has 5 aromatic rings. The highest BCUT2D eigenvalue weighted by molar-refractivity contribution is 6.35. The second-order valence-corrected chi connectivity index (χ2v) is 14.0. The van der Waals surface area contributed by atoms with Crippen molar-refractivity contribution in [2.45, 2.75) is 40.5 Å². The number of hydrogen-bond donors (Lipinski definition) is 2. The monoisotopic (exact) mass is 732 g/mol. The molecule has 0 saturated heterocycles. The summed E-state index contributed by atoms with van der Waals surface area (Å²) < 4.78 is 13.0. The summed E-state index contributed by atoms with van der Waals surface area (Å²) in [4.78, 5) is 34.4. The first-order chi connectivity index (χ1) is 24.2. The van der Waals surface area contributed by atoms with Crippen LogP contribution in [-0.4, -0.2) is 79.5 Å². The number of rotatable bonds is 13. The molecule has 0 radical (unpaired) electrons. The lowest BCUT2D eigenvalue weighted by Gasteiger charge is -2.24. The predicted molar refractivity (Wildman–Crippen MR) is 207 cm³/mol. The molecule has 0 unspecified atom stereocenters. The quantitative estimate of drug-likeness (QED) is 0.0930. The number of likely N-dealkylation sites (N-methyl/N-ethyl adjacent to an activating group) is 2. The fourth-order valence-electron chi connectivity index (χ4n) is 6.43. The van der Waals surface area contributed by atoms with Gasteiger partial charge in [0, 0.05) is 60.1 Å². The average molecular weight is 734 g/mol. The fourth-order valence-corrected chi connectivity index (χ4v) is 6.79. The van der Waals surface area contributed by atoms with Crippen molar-refractivity contribution >= 4 is 57.4 Å². The minimum atomic E-state index is -0.450. The number of methoxy groups -OCH3 is 1. The molecule has 0 aliphatic heterocycles. The van der Waals surface area contributed by atoms with Crippen LogP contribution in [0, 0.1) is 27.7 Å². The summed E-state index contributed by atoms with van der Waals surface area (Å²) >= 11 is 13.3. The van der Waals surface area contributed by atoms with Gasteiger partial charge in [0.2, 0.25) is 0 Å². The van der Waals surface area contributed by atoms with Gasteiger partial charge in [0.1, 0.15) is 11.4 Å². The molecule has 0 atom stereocenters. The van der Waals surface area contributed by atoms with Crippen LogP contribution < -0.4 is 15.0 Å². The van der Waals surface area contributed by atoms with Crippen LogP contribution in [0.5, 0.6) is 5.75 Å². The van der Waals surface area contributed by atoms with Crippen LogP contribution in [0.15, 0.2) is 42.5 Å². The number of hydrogen-bond acceptors (Lipinski definition) is 7. The van der Waals surface area contributed by atoms with E-state index in [0.29, 0.717) is 53.6 Å². The lowest BCUT2D eigenvalue weighted by molar-refractivity contribution is 0.0601. The molecule has 12 heteroatoms. The summed E-state index contributed by atoms with van der Waals surface area (Å²) in [7, 11) is 9.15. The molecule has 0 aliphatic rings. The molecule has 0 saturated carbocycles. The first kappa shape index (κ1) is 37.7. The van der Waals surface area contributed by atoms with Crippen molar-refractivity contribution in [3.63, 3.8) is 0 Å². The van der Waals surface area contributed by atoms with E-state index in [4.69, 9.17) is 32.7 Å². The number of ether oxygens (including phenoxy) is 2. The molecule has 2 heterocycles. The van der Waals surface area contributed by atoms with Crippen molar-refractivity contribution in [2.75, 3.05) is 58.2 Å². The molecule has 1 amide bonds. The van der Waals surface area contributed by atoms with E-state index < -0.39 is 5.97 Å². The summed E-state index contributed by atoms with van der Waals surface area (Å²) in [5, 5.41) is 9.90. The zero-order valence-corrected chi connectivity index (χ0v) is 32.3. The maximum atomic E-state index is 14.3. The number of amides is 1. The third kappa shape index (κ3) is 8.03. The number of esters is 1. The molecule has 51 heavy (non-hydrogen) atoms. The Morgan fingerprint density at radius 2 is 1.67 bits per heavy atom. The Hall–Kier alpha value is -4.51. The van der Waals surface area contributed by atoms with Gasteiger partial charge in [0.25, 0.3) is 5.91 Å². The SMILES string of the molecule is COC(=O)c1ccc(NC(=O)c2[nH]c3c(-c4c(C)nn(C)c4C)c(Cl)ccc3c2CCCOc2cc(C)c(Cl)c(C)c2)cc1N(C)CCN(C)C. The van der Waals surface area contributed by atoms with Crippen LogP contribution in [0.25, 0.3) is 22.0 Å². The van der Waals surface area contributed by atoms with E-state index in [9.17, 15) is 9.59 Å². The van der Waals surface area contributed by atoms with Gasteiger partial charge in [-0.25, -0.2) is 4.79 Å². The van der Waals surface area contributed by atoms with Crippen LogP contribution in [0.4, 0.5) is 11.4 Å². The van der Waals surface area contributed by atoms with Gasteiger partial charge in [-0.05, 0) is 108 Å². The van der Waals surface area contributed by atoms with Gasteiger partial charge in [-0.2, -0.15) is 5.10 Å². The smallest absolute Gasteiger partial charge is 0.339 e. The van der Waals surface area contributed by atoms with E-state index >= 15 is 0 Å². The maximum absolute atomic E-state index is 14.3. The van der Waals surface area contributed by atoms with E-state index in [0.717, 1.165) is 67.4 Å². The Kier molecular flexibility index (Phi) is 11.7. The zero-order valence-electron chi connectivity index (χ0n) is 30.8. The molecule has 10 nitrogen and oxygen atoms in total. The lowest BCUT2D eigenvalue weighted by Crippen LogP contribution is -2.29. The van der Waals surface area contributed by atoms with E-state index in [2.05, 4.69) is 20.3 Å². The second-order valence-electron chi connectivity index (χ2n) is 13.2. The summed E-state index contributed by atoms with van der Waals surface area (Å²) in [6.07, 6.45) is 1.20. The lowest BCUT2D eigenvalue weighted by atomic mass is 9.98. The van der Waals surface area contributed by atoms with Crippen molar-refractivity contribution in [3.8, 4) is 16.9 Å². The third-order valence-electron chi connectivity index (χ3n) is 9.22. The summed E-state index contributed by atoms with van der Waals surface area (Å²) in [5.74, 6) is -0.0147. The van der Waals surface area contributed by atoms with Crippen LogP contribution in [0.2, 0.25) is 10.0 Å². The maximum Gasteiger partial charge on any atom is 0.339 e. The molecule has 5 rings (SSSR count). The van der Waals surface area contributed by atoms with Crippen LogP contribution >= 0.6 is 23.2 Å². The Balaban J connectivity index is 1.53. The van der Waals surface area contributed by atoms with Gasteiger partial charge in [0.05, 0.1) is 41.2 Å². The highest BCUT2D eigenvalue weighted by Gasteiger charge is 2.25. The number of fused-ring (bicyclic) bond motifs is 1. The van der Waals surface area contributed by atoms with E-state index in [1.54, 1.807) is 18.2 Å². The van der Waals surface area contributed by atoms with Gasteiger partial charge in [-0.15, -0.1) is 0 Å². The van der Waals surface area contributed by atoms with Gasteiger partial charge in [-0.3, -0.25) is 9.48 Å². The molecule has 3 aromatic carbocycles.